The fourth-order valence-corrected chi connectivity index (χ4v) is 2.79. The van der Waals surface area contributed by atoms with E-state index in [0.717, 1.165) is 38.1 Å². The van der Waals surface area contributed by atoms with Gasteiger partial charge in [-0.25, -0.2) is 0 Å². The van der Waals surface area contributed by atoms with Crippen molar-refractivity contribution in [3.63, 3.8) is 0 Å². The largest absolute Gasteiger partial charge is 0.411 e. The first kappa shape index (κ1) is 10.9. The van der Waals surface area contributed by atoms with Crippen LogP contribution in [-0.2, 0) is 4.74 Å². The van der Waals surface area contributed by atoms with Gasteiger partial charge in [-0.05, 0) is 33.1 Å². The normalized spacial score (nSPS) is 41.2. The molecule has 1 saturated heterocycles. The monoisotopic (exact) mass is 212 g/mol. The zero-order valence-corrected chi connectivity index (χ0v) is 9.52. The number of oxime groups is 1. The number of nitrogens with zero attached hydrogens (tertiary/aromatic N) is 2. The van der Waals surface area contributed by atoms with Crippen molar-refractivity contribution in [2.75, 3.05) is 13.1 Å². The highest BCUT2D eigenvalue weighted by Crippen LogP contribution is 2.24. The van der Waals surface area contributed by atoms with Crippen molar-refractivity contribution >= 4 is 5.71 Å². The smallest absolute Gasteiger partial charge is 0.0742 e. The summed E-state index contributed by atoms with van der Waals surface area (Å²) in [5.74, 6) is 0. The standard InChI is InChI=1S/C11H20N2O2/c1-8-6-13(7-9(2)15-8)11-5-3-4-10(11)12-14/h8-9,11,14H,3-7H2,1-2H3. The molecule has 2 rings (SSSR count). The Labute approximate surface area is 90.9 Å². The molecule has 1 aliphatic carbocycles. The van der Waals surface area contributed by atoms with E-state index in [9.17, 15) is 0 Å². The Kier molecular flexibility index (Phi) is 3.26. The van der Waals surface area contributed by atoms with Crippen LogP contribution < -0.4 is 0 Å². The van der Waals surface area contributed by atoms with Crippen LogP contribution in [0.15, 0.2) is 5.16 Å². The van der Waals surface area contributed by atoms with Gasteiger partial charge in [0.15, 0.2) is 0 Å². The van der Waals surface area contributed by atoms with Gasteiger partial charge in [-0.2, -0.15) is 0 Å². The molecule has 3 unspecified atom stereocenters. The summed E-state index contributed by atoms with van der Waals surface area (Å²) < 4.78 is 5.70. The molecule has 0 aromatic heterocycles. The lowest BCUT2D eigenvalue weighted by molar-refractivity contribution is -0.0733. The lowest BCUT2D eigenvalue weighted by atomic mass is 10.1. The predicted octanol–water partition coefficient (Wildman–Crippen LogP) is 1.48. The summed E-state index contributed by atoms with van der Waals surface area (Å²) in [6.45, 7) is 6.11. The second-order valence-corrected chi connectivity index (χ2v) is 4.71. The van der Waals surface area contributed by atoms with E-state index < -0.39 is 0 Å². The Hall–Kier alpha value is -0.610. The average Bonchev–Trinajstić information content (AvgIpc) is 2.63. The van der Waals surface area contributed by atoms with Crippen molar-refractivity contribution in [1.29, 1.82) is 0 Å². The lowest BCUT2D eigenvalue weighted by Crippen LogP contribution is -2.51. The molecule has 0 radical (unpaired) electrons. The van der Waals surface area contributed by atoms with Gasteiger partial charge in [0.1, 0.15) is 0 Å². The zero-order chi connectivity index (χ0) is 10.8. The minimum absolute atomic E-state index is 0.286. The third-order valence-electron chi connectivity index (χ3n) is 3.31. The van der Waals surface area contributed by atoms with Crippen LogP contribution >= 0.6 is 0 Å². The first-order chi connectivity index (χ1) is 7.20. The number of rotatable bonds is 1. The van der Waals surface area contributed by atoms with Crippen LogP contribution in [-0.4, -0.2) is 47.2 Å². The van der Waals surface area contributed by atoms with Gasteiger partial charge in [0, 0.05) is 13.1 Å². The SMILES string of the molecule is CC1CN(C2CCCC2=NO)CC(C)O1. The molecule has 15 heavy (non-hydrogen) atoms. The highest BCUT2D eigenvalue weighted by molar-refractivity contribution is 5.90. The van der Waals surface area contributed by atoms with Crippen LogP contribution in [0.4, 0.5) is 0 Å². The highest BCUT2D eigenvalue weighted by Gasteiger charge is 2.33. The molecular formula is C11H20N2O2. The van der Waals surface area contributed by atoms with Gasteiger partial charge in [0.25, 0.3) is 0 Å². The maximum atomic E-state index is 8.93. The topological polar surface area (TPSA) is 45.1 Å². The minimum atomic E-state index is 0.286. The summed E-state index contributed by atoms with van der Waals surface area (Å²) in [6.07, 6.45) is 3.79. The van der Waals surface area contributed by atoms with Gasteiger partial charge in [-0.15, -0.1) is 0 Å². The number of hydrogen-bond donors (Lipinski definition) is 1. The van der Waals surface area contributed by atoms with Gasteiger partial charge < -0.3 is 9.94 Å². The van der Waals surface area contributed by atoms with Crippen molar-refractivity contribution in [3.8, 4) is 0 Å². The van der Waals surface area contributed by atoms with Crippen LogP contribution in [0.2, 0.25) is 0 Å². The first-order valence-corrected chi connectivity index (χ1v) is 5.81. The molecular weight excluding hydrogens is 192 g/mol. The number of hydrogen-bond acceptors (Lipinski definition) is 4. The third-order valence-corrected chi connectivity index (χ3v) is 3.31. The van der Waals surface area contributed by atoms with Crippen molar-refractivity contribution in [2.24, 2.45) is 5.16 Å². The average molecular weight is 212 g/mol. The zero-order valence-electron chi connectivity index (χ0n) is 9.52. The fourth-order valence-electron chi connectivity index (χ4n) is 2.79. The van der Waals surface area contributed by atoms with E-state index in [-0.39, 0.29) is 12.2 Å². The van der Waals surface area contributed by atoms with Crippen LogP contribution in [0.3, 0.4) is 0 Å². The molecule has 1 saturated carbocycles. The highest BCUT2D eigenvalue weighted by atomic mass is 16.5. The molecule has 1 heterocycles. The van der Waals surface area contributed by atoms with Gasteiger partial charge in [-0.1, -0.05) is 5.16 Å². The van der Waals surface area contributed by atoms with E-state index >= 15 is 0 Å². The molecule has 0 amide bonds. The molecule has 0 spiro atoms. The van der Waals surface area contributed by atoms with Gasteiger partial charge in [0.2, 0.25) is 0 Å². The molecule has 0 aromatic rings. The Morgan fingerprint density at radius 3 is 2.60 bits per heavy atom. The van der Waals surface area contributed by atoms with Gasteiger partial charge >= 0.3 is 0 Å². The maximum Gasteiger partial charge on any atom is 0.0742 e. The van der Waals surface area contributed by atoms with Crippen molar-refractivity contribution in [2.45, 2.75) is 51.4 Å². The Morgan fingerprint density at radius 2 is 2.00 bits per heavy atom. The fraction of sp³-hybridized carbons (Fsp3) is 0.909. The Bertz CT molecular complexity index is 245. The quantitative estimate of drug-likeness (QED) is 0.529. The van der Waals surface area contributed by atoms with Crippen molar-refractivity contribution in [3.05, 3.63) is 0 Å². The third kappa shape index (κ3) is 2.32. The summed E-state index contributed by atoms with van der Waals surface area (Å²) in [6, 6.07) is 0.351. The summed E-state index contributed by atoms with van der Waals surface area (Å²) in [7, 11) is 0. The molecule has 4 heteroatoms. The van der Waals surface area contributed by atoms with Gasteiger partial charge in [-0.3, -0.25) is 4.90 Å². The Balaban J connectivity index is 2.03. The van der Waals surface area contributed by atoms with Crippen LogP contribution in [0.1, 0.15) is 33.1 Å². The Morgan fingerprint density at radius 1 is 1.33 bits per heavy atom. The minimum Gasteiger partial charge on any atom is -0.411 e. The van der Waals surface area contributed by atoms with E-state index in [1.54, 1.807) is 0 Å². The first-order valence-electron chi connectivity index (χ1n) is 5.81. The van der Waals surface area contributed by atoms with Gasteiger partial charge in [0.05, 0.1) is 24.0 Å². The molecule has 2 aliphatic rings. The second kappa shape index (κ2) is 4.49. The lowest BCUT2D eigenvalue weighted by Gasteiger charge is -2.38. The second-order valence-electron chi connectivity index (χ2n) is 4.71. The van der Waals surface area contributed by atoms with Crippen LogP contribution in [0.5, 0.6) is 0 Å². The molecule has 0 bridgehead atoms. The summed E-state index contributed by atoms with van der Waals surface area (Å²) in [5, 5.41) is 12.4. The summed E-state index contributed by atoms with van der Waals surface area (Å²) in [4.78, 5) is 2.40. The number of morpholine rings is 1. The van der Waals surface area contributed by atoms with Crippen molar-refractivity contribution in [1.82, 2.24) is 4.90 Å². The van der Waals surface area contributed by atoms with Crippen molar-refractivity contribution < 1.29 is 9.94 Å². The molecule has 1 aliphatic heterocycles. The number of ether oxygens (including phenoxy) is 1. The van der Waals surface area contributed by atoms with E-state index in [0.29, 0.717) is 6.04 Å². The molecule has 4 nitrogen and oxygen atoms in total. The molecule has 86 valence electrons. The molecule has 3 atom stereocenters. The van der Waals surface area contributed by atoms with E-state index in [1.807, 2.05) is 0 Å². The molecule has 1 N–H and O–H groups in total. The van der Waals surface area contributed by atoms with E-state index in [4.69, 9.17) is 9.94 Å². The predicted molar refractivity (Wildman–Crippen MR) is 58.4 cm³/mol. The van der Waals surface area contributed by atoms with Crippen LogP contribution in [0, 0.1) is 0 Å². The summed E-state index contributed by atoms with van der Waals surface area (Å²) in [5.41, 5.74) is 0.955. The summed E-state index contributed by atoms with van der Waals surface area (Å²) >= 11 is 0. The molecule has 2 fully saturated rings. The van der Waals surface area contributed by atoms with E-state index in [2.05, 4.69) is 23.9 Å². The van der Waals surface area contributed by atoms with E-state index in [1.165, 1.54) is 0 Å². The molecule has 0 aromatic carbocycles. The maximum absolute atomic E-state index is 8.93. The van der Waals surface area contributed by atoms with Crippen LogP contribution in [0.25, 0.3) is 0 Å².